The van der Waals surface area contributed by atoms with Crippen molar-refractivity contribution < 1.29 is 19.4 Å². The lowest BCUT2D eigenvalue weighted by molar-refractivity contribution is -0.147. The minimum absolute atomic E-state index is 0.0898. The fraction of sp³-hybridized carbons (Fsp3) is 0.857. The highest BCUT2D eigenvalue weighted by Gasteiger charge is 2.35. The third kappa shape index (κ3) is 3.42. The lowest BCUT2D eigenvalue weighted by atomic mass is 9.98. The van der Waals surface area contributed by atoms with E-state index >= 15 is 0 Å². The number of aliphatic carboxylic acids is 1. The number of hydrogen-bond donors (Lipinski definition) is 1. The molecule has 6 heteroatoms. The molecule has 0 aromatic heterocycles. The van der Waals surface area contributed by atoms with Crippen LogP contribution in [0.4, 0.5) is 4.79 Å². The molecule has 2 aliphatic rings. The van der Waals surface area contributed by atoms with Crippen molar-refractivity contribution >= 4 is 12.0 Å². The summed E-state index contributed by atoms with van der Waals surface area (Å²) in [6.45, 7) is 4.53. The number of carbonyl (C=O) groups is 2. The van der Waals surface area contributed by atoms with Gasteiger partial charge >= 0.3 is 12.0 Å². The number of morpholine rings is 1. The Balaban J connectivity index is 1.99. The topological polar surface area (TPSA) is 70.1 Å². The number of nitrogens with zero attached hydrogens (tertiary/aromatic N) is 2. The molecule has 0 aromatic carbocycles. The molecular formula is C14H24N2O4. The van der Waals surface area contributed by atoms with Gasteiger partial charge in [-0.2, -0.15) is 0 Å². The zero-order chi connectivity index (χ0) is 14.5. The van der Waals surface area contributed by atoms with Crippen molar-refractivity contribution in [3.05, 3.63) is 0 Å². The third-order valence-electron chi connectivity index (χ3n) is 4.35. The fourth-order valence-electron chi connectivity index (χ4n) is 2.98. The second-order valence-electron chi connectivity index (χ2n) is 5.60. The Morgan fingerprint density at radius 3 is 2.75 bits per heavy atom. The van der Waals surface area contributed by atoms with Gasteiger partial charge in [0.2, 0.25) is 0 Å². The van der Waals surface area contributed by atoms with Crippen LogP contribution in [0.5, 0.6) is 0 Å². The highest BCUT2D eigenvalue weighted by molar-refractivity contribution is 5.83. The van der Waals surface area contributed by atoms with Gasteiger partial charge in [-0.05, 0) is 25.2 Å². The fourth-order valence-corrected chi connectivity index (χ4v) is 2.98. The molecule has 0 bridgehead atoms. The van der Waals surface area contributed by atoms with Crippen molar-refractivity contribution in [2.24, 2.45) is 5.92 Å². The monoisotopic (exact) mass is 284 g/mol. The van der Waals surface area contributed by atoms with E-state index < -0.39 is 12.0 Å². The minimum atomic E-state index is -0.987. The maximum atomic E-state index is 12.5. The number of carboxylic acid groups (broad SMARTS) is 1. The van der Waals surface area contributed by atoms with E-state index in [0.717, 1.165) is 38.8 Å². The van der Waals surface area contributed by atoms with Gasteiger partial charge in [0, 0.05) is 19.6 Å². The summed E-state index contributed by atoms with van der Waals surface area (Å²) in [5, 5.41) is 9.20. The van der Waals surface area contributed by atoms with Crippen molar-refractivity contribution in [1.29, 1.82) is 0 Å². The van der Waals surface area contributed by atoms with E-state index in [0.29, 0.717) is 19.1 Å². The first-order chi connectivity index (χ1) is 9.63. The molecule has 2 heterocycles. The molecule has 2 amide bonds. The van der Waals surface area contributed by atoms with E-state index in [1.165, 1.54) is 4.90 Å². The van der Waals surface area contributed by atoms with Crippen LogP contribution >= 0.6 is 0 Å². The quantitative estimate of drug-likeness (QED) is 0.832. The number of rotatable bonds is 2. The summed E-state index contributed by atoms with van der Waals surface area (Å²) in [6, 6.07) is -0.987. The predicted molar refractivity (Wildman–Crippen MR) is 73.5 cm³/mol. The molecule has 0 radical (unpaired) electrons. The van der Waals surface area contributed by atoms with Crippen molar-refractivity contribution in [3.63, 3.8) is 0 Å². The van der Waals surface area contributed by atoms with Gasteiger partial charge in [-0.3, -0.25) is 0 Å². The first-order valence-corrected chi connectivity index (χ1v) is 7.49. The SMILES string of the molecule is CCC1CCCN(C(=O)N2CCOCC2C(=O)O)CC1. The molecule has 20 heavy (non-hydrogen) atoms. The van der Waals surface area contributed by atoms with E-state index in [2.05, 4.69) is 6.92 Å². The molecule has 0 aliphatic carbocycles. The summed E-state index contributed by atoms with van der Waals surface area (Å²) in [7, 11) is 0. The lowest BCUT2D eigenvalue weighted by Gasteiger charge is -2.36. The summed E-state index contributed by atoms with van der Waals surface area (Å²) >= 11 is 0. The number of likely N-dealkylation sites (tertiary alicyclic amines) is 1. The molecule has 0 saturated carbocycles. The smallest absolute Gasteiger partial charge is 0.328 e. The Kier molecular flexibility index (Phi) is 5.23. The highest BCUT2D eigenvalue weighted by atomic mass is 16.5. The molecule has 0 spiro atoms. The first kappa shape index (κ1) is 15.1. The maximum Gasteiger partial charge on any atom is 0.328 e. The Bertz CT molecular complexity index is 361. The van der Waals surface area contributed by atoms with Crippen LogP contribution in [-0.2, 0) is 9.53 Å². The summed E-state index contributed by atoms with van der Waals surface area (Å²) in [4.78, 5) is 27.0. The van der Waals surface area contributed by atoms with Gasteiger partial charge in [0.25, 0.3) is 0 Å². The predicted octanol–water partition coefficient (Wildman–Crippen LogP) is 1.40. The highest BCUT2D eigenvalue weighted by Crippen LogP contribution is 2.21. The molecule has 114 valence electrons. The summed E-state index contributed by atoms with van der Waals surface area (Å²) in [6.07, 6.45) is 4.33. The van der Waals surface area contributed by atoms with Gasteiger partial charge in [-0.15, -0.1) is 0 Å². The maximum absolute atomic E-state index is 12.5. The molecule has 2 fully saturated rings. The van der Waals surface area contributed by atoms with Gasteiger partial charge in [0.15, 0.2) is 6.04 Å². The molecule has 0 aromatic rings. The van der Waals surface area contributed by atoms with Gasteiger partial charge in [0.1, 0.15) is 0 Å². The average Bonchev–Trinajstić information content (AvgIpc) is 2.71. The molecule has 2 unspecified atom stereocenters. The molecule has 2 rings (SSSR count). The van der Waals surface area contributed by atoms with Crippen LogP contribution < -0.4 is 0 Å². The Morgan fingerprint density at radius 2 is 2.05 bits per heavy atom. The Labute approximate surface area is 119 Å². The standard InChI is InChI=1S/C14H24N2O4/c1-2-11-4-3-6-15(7-5-11)14(19)16-8-9-20-10-12(16)13(17)18/h11-12H,2-10H2,1H3,(H,17,18). The molecule has 1 N–H and O–H groups in total. The van der Waals surface area contributed by atoms with Crippen molar-refractivity contribution in [2.75, 3.05) is 32.8 Å². The minimum Gasteiger partial charge on any atom is -0.480 e. The third-order valence-corrected chi connectivity index (χ3v) is 4.35. The molecule has 6 nitrogen and oxygen atoms in total. The van der Waals surface area contributed by atoms with Gasteiger partial charge in [-0.25, -0.2) is 9.59 Å². The Hall–Kier alpha value is -1.30. The van der Waals surface area contributed by atoms with E-state index in [9.17, 15) is 14.7 Å². The first-order valence-electron chi connectivity index (χ1n) is 7.49. The zero-order valence-electron chi connectivity index (χ0n) is 12.1. The van der Waals surface area contributed by atoms with Gasteiger partial charge < -0.3 is 19.6 Å². The second kappa shape index (κ2) is 6.92. The number of urea groups is 1. The normalized spacial score (nSPS) is 28.1. The van der Waals surface area contributed by atoms with Crippen LogP contribution in [-0.4, -0.2) is 65.8 Å². The van der Waals surface area contributed by atoms with Crippen LogP contribution in [0.1, 0.15) is 32.6 Å². The van der Waals surface area contributed by atoms with Crippen LogP contribution in [0, 0.1) is 5.92 Å². The molecule has 2 saturated heterocycles. The van der Waals surface area contributed by atoms with E-state index in [1.54, 1.807) is 0 Å². The van der Waals surface area contributed by atoms with Gasteiger partial charge in [-0.1, -0.05) is 13.3 Å². The van der Waals surface area contributed by atoms with Crippen LogP contribution in [0.15, 0.2) is 0 Å². The summed E-state index contributed by atoms with van der Waals surface area (Å²) in [5.74, 6) is -0.299. The zero-order valence-corrected chi connectivity index (χ0v) is 12.1. The number of carboxylic acids is 1. The van der Waals surface area contributed by atoms with Crippen molar-refractivity contribution in [1.82, 2.24) is 9.80 Å². The number of amides is 2. The van der Waals surface area contributed by atoms with Crippen LogP contribution in [0.25, 0.3) is 0 Å². The van der Waals surface area contributed by atoms with Crippen LogP contribution in [0.3, 0.4) is 0 Å². The molecule has 2 aliphatic heterocycles. The summed E-state index contributed by atoms with van der Waals surface area (Å²) in [5.41, 5.74) is 0. The second-order valence-corrected chi connectivity index (χ2v) is 5.60. The number of carbonyl (C=O) groups excluding carboxylic acids is 1. The molecule has 2 atom stereocenters. The van der Waals surface area contributed by atoms with E-state index in [4.69, 9.17) is 4.74 Å². The average molecular weight is 284 g/mol. The number of hydrogen-bond acceptors (Lipinski definition) is 3. The van der Waals surface area contributed by atoms with E-state index in [1.807, 2.05) is 4.90 Å². The van der Waals surface area contributed by atoms with Crippen molar-refractivity contribution in [2.45, 2.75) is 38.6 Å². The van der Waals surface area contributed by atoms with E-state index in [-0.39, 0.29) is 12.6 Å². The largest absolute Gasteiger partial charge is 0.480 e. The van der Waals surface area contributed by atoms with Crippen molar-refractivity contribution in [3.8, 4) is 0 Å². The van der Waals surface area contributed by atoms with Gasteiger partial charge in [0.05, 0.1) is 13.2 Å². The van der Waals surface area contributed by atoms with Crippen LogP contribution in [0.2, 0.25) is 0 Å². The lowest BCUT2D eigenvalue weighted by Crippen LogP contribution is -2.56. The molecular weight excluding hydrogens is 260 g/mol. The Morgan fingerprint density at radius 1 is 1.25 bits per heavy atom. The number of ether oxygens (including phenoxy) is 1. The summed E-state index contributed by atoms with van der Waals surface area (Å²) < 4.78 is 5.18.